The number of halogens is 1. The lowest BCUT2D eigenvalue weighted by Crippen LogP contribution is -2.40. The fourth-order valence-corrected chi connectivity index (χ4v) is 2.50. The van der Waals surface area contributed by atoms with Gasteiger partial charge in [0, 0.05) is 22.7 Å². The van der Waals surface area contributed by atoms with Gasteiger partial charge in [-0.2, -0.15) is 0 Å². The molecule has 1 heterocycles. The van der Waals surface area contributed by atoms with E-state index in [1.54, 1.807) is 0 Å². The molecule has 2 nitrogen and oxygen atoms in total. The topological polar surface area (TPSA) is 15.3 Å². The SMILES string of the molecule is CCC(C)N1CCNc2cc(I)ccc21. The van der Waals surface area contributed by atoms with Gasteiger partial charge in [-0.25, -0.2) is 0 Å². The zero-order valence-corrected chi connectivity index (χ0v) is 11.4. The van der Waals surface area contributed by atoms with Gasteiger partial charge in [-0.05, 0) is 54.1 Å². The third-order valence-corrected chi connectivity index (χ3v) is 3.73. The number of benzene rings is 1. The molecule has 2 rings (SSSR count). The van der Waals surface area contributed by atoms with E-state index in [0.29, 0.717) is 6.04 Å². The zero-order valence-electron chi connectivity index (χ0n) is 9.26. The summed E-state index contributed by atoms with van der Waals surface area (Å²) in [6, 6.07) is 7.27. The quantitative estimate of drug-likeness (QED) is 0.842. The molecule has 15 heavy (non-hydrogen) atoms. The van der Waals surface area contributed by atoms with Crippen molar-refractivity contribution in [1.82, 2.24) is 0 Å². The van der Waals surface area contributed by atoms with Crippen LogP contribution < -0.4 is 10.2 Å². The van der Waals surface area contributed by atoms with Crippen molar-refractivity contribution in [3.8, 4) is 0 Å². The summed E-state index contributed by atoms with van der Waals surface area (Å²) in [7, 11) is 0. The molecule has 1 aliphatic heterocycles. The molecular weight excluding hydrogens is 299 g/mol. The Morgan fingerprint density at radius 2 is 2.33 bits per heavy atom. The second kappa shape index (κ2) is 4.60. The van der Waals surface area contributed by atoms with Gasteiger partial charge in [0.25, 0.3) is 0 Å². The Balaban J connectivity index is 2.34. The molecule has 1 aromatic carbocycles. The molecule has 0 fully saturated rings. The number of hydrogen-bond acceptors (Lipinski definition) is 2. The summed E-state index contributed by atoms with van der Waals surface area (Å²) in [5.74, 6) is 0. The minimum atomic E-state index is 0.630. The molecule has 1 atom stereocenters. The predicted molar refractivity (Wildman–Crippen MR) is 74.7 cm³/mol. The Morgan fingerprint density at radius 1 is 1.53 bits per heavy atom. The third-order valence-electron chi connectivity index (χ3n) is 3.06. The highest BCUT2D eigenvalue weighted by molar-refractivity contribution is 14.1. The van der Waals surface area contributed by atoms with Crippen molar-refractivity contribution in [3.05, 3.63) is 21.8 Å². The van der Waals surface area contributed by atoms with Gasteiger partial charge in [0.2, 0.25) is 0 Å². The van der Waals surface area contributed by atoms with E-state index < -0.39 is 0 Å². The Labute approximate surface area is 105 Å². The van der Waals surface area contributed by atoms with Crippen LogP contribution in [-0.4, -0.2) is 19.1 Å². The summed E-state index contributed by atoms with van der Waals surface area (Å²) in [6.07, 6.45) is 1.20. The molecule has 0 radical (unpaired) electrons. The average molecular weight is 316 g/mol. The summed E-state index contributed by atoms with van der Waals surface area (Å²) >= 11 is 2.36. The van der Waals surface area contributed by atoms with E-state index in [4.69, 9.17) is 0 Å². The molecule has 1 N–H and O–H groups in total. The molecule has 0 aromatic heterocycles. The van der Waals surface area contributed by atoms with Crippen molar-refractivity contribution in [2.75, 3.05) is 23.3 Å². The second-order valence-electron chi connectivity index (χ2n) is 4.04. The van der Waals surface area contributed by atoms with E-state index >= 15 is 0 Å². The maximum Gasteiger partial charge on any atom is 0.0605 e. The van der Waals surface area contributed by atoms with E-state index in [2.05, 4.69) is 64.9 Å². The summed E-state index contributed by atoms with van der Waals surface area (Å²) in [4.78, 5) is 2.50. The van der Waals surface area contributed by atoms with Crippen molar-refractivity contribution in [2.24, 2.45) is 0 Å². The number of nitrogens with one attached hydrogen (secondary N) is 1. The Morgan fingerprint density at radius 3 is 3.07 bits per heavy atom. The van der Waals surface area contributed by atoms with Crippen LogP contribution in [0, 0.1) is 3.57 Å². The van der Waals surface area contributed by atoms with E-state index in [1.165, 1.54) is 21.4 Å². The molecule has 1 unspecified atom stereocenters. The van der Waals surface area contributed by atoms with E-state index in [-0.39, 0.29) is 0 Å². The summed E-state index contributed by atoms with van der Waals surface area (Å²) < 4.78 is 1.30. The van der Waals surface area contributed by atoms with Crippen LogP contribution in [-0.2, 0) is 0 Å². The highest BCUT2D eigenvalue weighted by Gasteiger charge is 2.19. The van der Waals surface area contributed by atoms with Crippen molar-refractivity contribution in [1.29, 1.82) is 0 Å². The Hall–Kier alpha value is -0.450. The van der Waals surface area contributed by atoms with Crippen molar-refractivity contribution >= 4 is 34.0 Å². The molecule has 3 heteroatoms. The van der Waals surface area contributed by atoms with Crippen LogP contribution in [0.15, 0.2) is 18.2 Å². The van der Waals surface area contributed by atoms with Crippen LogP contribution in [0.25, 0.3) is 0 Å². The number of rotatable bonds is 2. The maximum atomic E-state index is 3.47. The van der Waals surface area contributed by atoms with Gasteiger partial charge in [-0.3, -0.25) is 0 Å². The van der Waals surface area contributed by atoms with Crippen molar-refractivity contribution < 1.29 is 0 Å². The monoisotopic (exact) mass is 316 g/mol. The lowest BCUT2D eigenvalue weighted by atomic mass is 10.1. The first-order chi connectivity index (χ1) is 7.22. The standard InChI is InChI=1S/C12H17IN2/c1-3-9(2)15-7-6-14-11-8-10(13)4-5-12(11)15/h4-5,8-9,14H,3,6-7H2,1-2H3. The molecule has 0 bridgehead atoms. The smallest absolute Gasteiger partial charge is 0.0605 e. The van der Waals surface area contributed by atoms with Crippen molar-refractivity contribution in [3.63, 3.8) is 0 Å². The minimum absolute atomic E-state index is 0.630. The largest absolute Gasteiger partial charge is 0.382 e. The molecular formula is C12H17IN2. The number of nitrogens with zero attached hydrogens (tertiary/aromatic N) is 1. The number of fused-ring (bicyclic) bond motifs is 1. The van der Waals surface area contributed by atoms with Gasteiger partial charge >= 0.3 is 0 Å². The molecule has 1 aromatic rings. The van der Waals surface area contributed by atoms with Gasteiger partial charge in [0.15, 0.2) is 0 Å². The normalized spacial score (nSPS) is 16.9. The van der Waals surface area contributed by atoms with E-state index in [9.17, 15) is 0 Å². The second-order valence-corrected chi connectivity index (χ2v) is 5.28. The summed E-state index contributed by atoms with van der Waals surface area (Å²) in [5, 5.41) is 3.47. The van der Waals surface area contributed by atoms with Gasteiger partial charge in [-0.15, -0.1) is 0 Å². The number of hydrogen-bond donors (Lipinski definition) is 1. The highest BCUT2D eigenvalue weighted by Crippen LogP contribution is 2.32. The van der Waals surface area contributed by atoms with Crippen LogP contribution in [0.4, 0.5) is 11.4 Å². The lowest BCUT2D eigenvalue weighted by molar-refractivity contribution is 0.616. The Kier molecular flexibility index (Phi) is 3.38. The predicted octanol–water partition coefficient (Wildman–Crippen LogP) is 3.32. The van der Waals surface area contributed by atoms with Gasteiger partial charge in [-0.1, -0.05) is 6.92 Å². The minimum Gasteiger partial charge on any atom is -0.382 e. The molecule has 82 valence electrons. The van der Waals surface area contributed by atoms with Crippen LogP contribution in [0.3, 0.4) is 0 Å². The molecule has 1 aliphatic rings. The first kappa shape index (κ1) is 11.0. The van der Waals surface area contributed by atoms with Gasteiger partial charge in [0.1, 0.15) is 0 Å². The molecule has 0 amide bonds. The van der Waals surface area contributed by atoms with Crippen LogP contribution >= 0.6 is 22.6 Å². The average Bonchev–Trinajstić information content (AvgIpc) is 2.26. The first-order valence-corrected chi connectivity index (χ1v) is 6.60. The van der Waals surface area contributed by atoms with Crippen LogP contribution in [0.5, 0.6) is 0 Å². The van der Waals surface area contributed by atoms with Crippen LogP contribution in [0.1, 0.15) is 20.3 Å². The highest BCUT2D eigenvalue weighted by atomic mass is 127. The van der Waals surface area contributed by atoms with Gasteiger partial charge < -0.3 is 10.2 Å². The Bertz CT molecular complexity index is 351. The van der Waals surface area contributed by atoms with Crippen molar-refractivity contribution in [2.45, 2.75) is 26.3 Å². The van der Waals surface area contributed by atoms with E-state index in [0.717, 1.165) is 13.1 Å². The summed E-state index contributed by atoms with van der Waals surface area (Å²) in [5.41, 5.74) is 2.64. The molecule has 0 saturated heterocycles. The zero-order chi connectivity index (χ0) is 10.8. The third kappa shape index (κ3) is 2.22. The lowest BCUT2D eigenvalue weighted by Gasteiger charge is -2.36. The van der Waals surface area contributed by atoms with Crippen LogP contribution in [0.2, 0.25) is 0 Å². The first-order valence-electron chi connectivity index (χ1n) is 5.52. The molecule has 0 spiro atoms. The maximum absolute atomic E-state index is 3.47. The van der Waals surface area contributed by atoms with Gasteiger partial charge in [0.05, 0.1) is 11.4 Å². The fourth-order valence-electron chi connectivity index (χ4n) is 2.01. The fraction of sp³-hybridized carbons (Fsp3) is 0.500. The molecule has 0 aliphatic carbocycles. The summed E-state index contributed by atoms with van der Waals surface area (Å²) in [6.45, 7) is 6.71. The molecule has 0 saturated carbocycles. The number of anilines is 2. The van der Waals surface area contributed by atoms with E-state index in [1.807, 2.05) is 0 Å².